The lowest BCUT2D eigenvalue weighted by atomic mass is 10.4. The summed E-state index contributed by atoms with van der Waals surface area (Å²) in [6.45, 7) is 2.52. The van der Waals surface area contributed by atoms with Gasteiger partial charge in [-0.3, -0.25) is 0 Å². The first-order valence-electron chi connectivity index (χ1n) is 4.24. The summed E-state index contributed by atoms with van der Waals surface area (Å²) in [5.41, 5.74) is 2.45. The molecule has 0 saturated heterocycles. The van der Waals surface area contributed by atoms with Crippen molar-refractivity contribution in [3.63, 3.8) is 0 Å². The lowest BCUT2D eigenvalue weighted by Crippen LogP contribution is -2.09. The van der Waals surface area contributed by atoms with Crippen molar-refractivity contribution in [3.8, 4) is 0 Å². The Morgan fingerprint density at radius 2 is 1.57 bits per heavy atom. The second-order valence-electron chi connectivity index (χ2n) is 2.16. The first kappa shape index (κ1) is 13.5. The molecule has 14 heavy (non-hydrogen) atoms. The number of benzene rings is 1. The molecule has 4 nitrogen and oxygen atoms in total. The van der Waals surface area contributed by atoms with Gasteiger partial charge in [-0.25, -0.2) is 4.62 Å². The Morgan fingerprint density at radius 3 is 1.86 bits per heavy atom. The summed E-state index contributed by atoms with van der Waals surface area (Å²) in [6.07, 6.45) is 0. The molecule has 0 fully saturated rings. The lowest BCUT2D eigenvalue weighted by Gasteiger charge is -2.04. The summed E-state index contributed by atoms with van der Waals surface area (Å²) < 4.78 is 8.88. The van der Waals surface area contributed by atoms with Gasteiger partial charge >= 0.3 is 8.60 Å². The van der Waals surface area contributed by atoms with Gasteiger partial charge < -0.3 is 9.42 Å². The largest absolute Gasteiger partial charge is 0.347 e. The molecule has 0 aliphatic rings. The van der Waals surface area contributed by atoms with E-state index in [9.17, 15) is 0 Å². The lowest BCUT2D eigenvalue weighted by molar-refractivity contribution is 0.154. The van der Waals surface area contributed by atoms with Crippen LogP contribution in [0.4, 0.5) is 0 Å². The van der Waals surface area contributed by atoms with E-state index in [-0.39, 0.29) is 0 Å². The Kier molecular flexibility index (Phi) is 10.2. The summed E-state index contributed by atoms with van der Waals surface area (Å²) in [5, 5.41) is 0. The van der Waals surface area contributed by atoms with Crippen LogP contribution in [0.5, 0.6) is 0 Å². The predicted octanol–water partition coefficient (Wildman–Crippen LogP) is 2.08. The number of hydroxylamine groups is 1. The predicted molar refractivity (Wildman–Crippen MR) is 57.4 cm³/mol. The van der Waals surface area contributed by atoms with Crippen LogP contribution in [-0.2, 0) is 9.15 Å². The van der Waals surface area contributed by atoms with Crippen LogP contribution in [0.3, 0.4) is 0 Å². The van der Waals surface area contributed by atoms with Gasteiger partial charge in [-0.05, 0) is 0 Å². The molecule has 0 radical (unpaired) electrons. The van der Waals surface area contributed by atoms with E-state index in [4.69, 9.17) is 4.89 Å². The molecular weight excluding hydrogens is 201 g/mol. The van der Waals surface area contributed by atoms with E-state index in [1.165, 1.54) is 7.11 Å². The quantitative estimate of drug-likeness (QED) is 0.599. The minimum atomic E-state index is -1.70. The molecule has 0 amide bonds. The number of hydrogen-bond donors (Lipinski definition) is 2. The second kappa shape index (κ2) is 10.6. The van der Waals surface area contributed by atoms with Crippen molar-refractivity contribution < 1.29 is 14.0 Å². The van der Waals surface area contributed by atoms with Gasteiger partial charge in [-0.15, -0.1) is 0 Å². The molecule has 0 spiro atoms. The topological polar surface area (TPSA) is 50.7 Å². The Balaban J connectivity index is 0.000000249. The maximum atomic E-state index is 8.55. The van der Waals surface area contributed by atoms with Gasteiger partial charge in [0.2, 0.25) is 0 Å². The first-order valence-corrected chi connectivity index (χ1v) is 5.37. The molecule has 1 atom stereocenters. The summed E-state index contributed by atoms with van der Waals surface area (Å²) in [7, 11) is -0.317. The van der Waals surface area contributed by atoms with E-state index in [1.807, 2.05) is 43.3 Å². The highest BCUT2D eigenvalue weighted by Gasteiger charge is 1.99. The zero-order valence-electron chi connectivity index (χ0n) is 8.38. The second-order valence-corrected chi connectivity index (χ2v) is 3.19. The molecular formula is C9H16NO3P. The standard InChI is InChI=1S/C6H6.C3H10NO3P/c1-2-4-6-5-3-1;1-3-4-7-8(5)6-2/h1-6H;4-5H,3H2,1-2H3. The van der Waals surface area contributed by atoms with Crippen molar-refractivity contribution in [3.05, 3.63) is 36.4 Å². The monoisotopic (exact) mass is 217 g/mol. The molecule has 1 unspecified atom stereocenters. The van der Waals surface area contributed by atoms with E-state index in [1.54, 1.807) is 0 Å². The molecule has 1 aromatic rings. The van der Waals surface area contributed by atoms with Crippen molar-refractivity contribution in [1.29, 1.82) is 0 Å². The maximum absolute atomic E-state index is 8.55. The molecule has 2 N–H and O–H groups in total. The highest BCUT2D eigenvalue weighted by molar-refractivity contribution is 7.40. The van der Waals surface area contributed by atoms with Gasteiger partial charge in [0.15, 0.2) is 0 Å². The molecule has 1 aromatic carbocycles. The molecule has 5 heteroatoms. The van der Waals surface area contributed by atoms with Crippen molar-refractivity contribution in [2.24, 2.45) is 0 Å². The van der Waals surface area contributed by atoms with Gasteiger partial charge in [-0.1, -0.05) is 43.3 Å². The van der Waals surface area contributed by atoms with Crippen LogP contribution in [0, 0.1) is 0 Å². The molecule has 0 aliphatic heterocycles. The fraction of sp³-hybridized carbons (Fsp3) is 0.333. The number of nitrogens with one attached hydrogen (secondary N) is 1. The van der Waals surface area contributed by atoms with Gasteiger partial charge in [-0.2, -0.15) is 5.48 Å². The van der Waals surface area contributed by atoms with Crippen molar-refractivity contribution >= 4 is 8.60 Å². The first-order chi connectivity index (χ1) is 6.81. The SMILES string of the molecule is CCNOP(O)OC.c1ccccc1. The van der Waals surface area contributed by atoms with Crippen LogP contribution in [0.1, 0.15) is 6.92 Å². The highest BCUT2D eigenvalue weighted by atomic mass is 31.2. The molecule has 0 aliphatic carbocycles. The Morgan fingerprint density at radius 1 is 1.14 bits per heavy atom. The maximum Gasteiger partial charge on any atom is 0.347 e. The van der Waals surface area contributed by atoms with Gasteiger partial charge in [0, 0.05) is 13.7 Å². The average molecular weight is 217 g/mol. The highest BCUT2D eigenvalue weighted by Crippen LogP contribution is 2.28. The normalized spacial score (nSPS) is 11.4. The van der Waals surface area contributed by atoms with Crippen LogP contribution in [0.15, 0.2) is 36.4 Å². The Bertz CT molecular complexity index is 172. The van der Waals surface area contributed by atoms with E-state index < -0.39 is 8.60 Å². The summed E-state index contributed by atoms with van der Waals surface area (Å²) in [5.74, 6) is 0. The van der Waals surface area contributed by atoms with Crippen molar-refractivity contribution in [2.75, 3.05) is 13.7 Å². The number of rotatable bonds is 4. The van der Waals surface area contributed by atoms with Crippen LogP contribution in [0.25, 0.3) is 0 Å². The van der Waals surface area contributed by atoms with Gasteiger partial charge in [0.05, 0.1) is 0 Å². The Labute approximate surface area is 85.8 Å². The third-order valence-corrected chi connectivity index (χ3v) is 1.71. The molecule has 0 bridgehead atoms. The third-order valence-electron chi connectivity index (χ3n) is 1.11. The fourth-order valence-electron chi connectivity index (χ4n) is 0.542. The van der Waals surface area contributed by atoms with Crippen LogP contribution in [-0.4, -0.2) is 18.5 Å². The number of hydrogen-bond acceptors (Lipinski definition) is 4. The minimum Gasteiger partial charge on any atom is -0.327 e. The van der Waals surface area contributed by atoms with E-state index in [0.29, 0.717) is 6.54 Å². The van der Waals surface area contributed by atoms with Crippen LogP contribution < -0.4 is 5.48 Å². The zero-order chi connectivity index (χ0) is 10.6. The average Bonchev–Trinajstić information content (AvgIpc) is 2.29. The third kappa shape index (κ3) is 9.58. The fourth-order valence-corrected chi connectivity index (χ4v) is 0.856. The summed E-state index contributed by atoms with van der Waals surface area (Å²) in [4.78, 5) is 8.55. The molecule has 0 heterocycles. The van der Waals surface area contributed by atoms with Crippen molar-refractivity contribution in [2.45, 2.75) is 6.92 Å². The van der Waals surface area contributed by atoms with Crippen LogP contribution >= 0.6 is 8.60 Å². The summed E-state index contributed by atoms with van der Waals surface area (Å²) in [6, 6.07) is 12.0. The van der Waals surface area contributed by atoms with E-state index >= 15 is 0 Å². The van der Waals surface area contributed by atoms with E-state index in [0.717, 1.165) is 0 Å². The summed E-state index contributed by atoms with van der Waals surface area (Å²) >= 11 is 0. The van der Waals surface area contributed by atoms with Gasteiger partial charge in [0.25, 0.3) is 0 Å². The van der Waals surface area contributed by atoms with Crippen LogP contribution in [0.2, 0.25) is 0 Å². The zero-order valence-corrected chi connectivity index (χ0v) is 9.28. The molecule has 0 aromatic heterocycles. The molecule has 1 rings (SSSR count). The van der Waals surface area contributed by atoms with Crippen molar-refractivity contribution in [1.82, 2.24) is 5.48 Å². The minimum absolute atomic E-state index is 0.656. The molecule has 0 saturated carbocycles. The molecule has 80 valence electrons. The smallest absolute Gasteiger partial charge is 0.327 e. The van der Waals surface area contributed by atoms with E-state index in [2.05, 4.69) is 14.6 Å². The Hall–Kier alpha value is -0.510. The van der Waals surface area contributed by atoms with Gasteiger partial charge in [0.1, 0.15) is 0 Å².